The number of benzene rings is 3. The first-order chi connectivity index (χ1) is 15.2. The lowest BCUT2D eigenvalue weighted by atomic mass is 9.80. The molecular formula is C28H25N. The molecule has 0 saturated carbocycles. The van der Waals surface area contributed by atoms with Gasteiger partial charge in [-0.2, -0.15) is 0 Å². The molecule has 0 atom stereocenters. The van der Waals surface area contributed by atoms with Gasteiger partial charge in [0, 0.05) is 26.9 Å². The van der Waals surface area contributed by atoms with Crippen molar-refractivity contribution in [3.8, 4) is 33.5 Å². The van der Waals surface area contributed by atoms with E-state index in [1.165, 1.54) is 16.7 Å². The maximum atomic E-state index is 8.04. The standard InChI is InChI=1S/C28H25N/c1-18-13-14-21(15-23(18)20-10-6-5-7-11-20)26-16-25-24(17-29-26)22-12-8-9-19(2)27(22)28(25,3)4/h5-17H,1-4H3/i2D3. The smallest absolute Gasteiger partial charge is 0.0705 e. The number of hydrogen-bond acceptors (Lipinski definition) is 1. The topological polar surface area (TPSA) is 12.9 Å². The zero-order valence-corrected chi connectivity index (χ0v) is 17.0. The molecule has 5 rings (SSSR count). The van der Waals surface area contributed by atoms with Crippen molar-refractivity contribution in [3.63, 3.8) is 0 Å². The van der Waals surface area contributed by atoms with Gasteiger partial charge in [-0.3, -0.25) is 4.98 Å². The fourth-order valence-electron chi connectivity index (χ4n) is 4.64. The SMILES string of the molecule is [2H]C([2H])([2H])c1cccc2c1C(C)(C)c1cc(-c3ccc(C)c(-c4ccccc4)c3)ncc1-2. The number of rotatable bonds is 2. The highest BCUT2D eigenvalue weighted by atomic mass is 14.7. The van der Waals surface area contributed by atoms with Gasteiger partial charge in [0.25, 0.3) is 0 Å². The van der Waals surface area contributed by atoms with Gasteiger partial charge >= 0.3 is 0 Å². The van der Waals surface area contributed by atoms with Crippen LogP contribution in [0.5, 0.6) is 0 Å². The minimum absolute atomic E-state index is 0.416. The van der Waals surface area contributed by atoms with E-state index in [1.807, 2.05) is 24.4 Å². The van der Waals surface area contributed by atoms with Crippen molar-refractivity contribution in [2.75, 3.05) is 0 Å². The number of aromatic nitrogens is 1. The van der Waals surface area contributed by atoms with Gasteiger partial charge in [0.05, 0.1) is 5.69 Å². The molecule has 0 saturated heterocycles. The predicted octanol–water partition coefficient (Wildman–Crippen LogP) is 7.34. The molecule has 0 unspecified atom stereocenters. The van der Waals surface area contributed by atoms with Crippen molar-refractivity contribution in [1.82, 2.24) is 4.98 Å². The van der Waals surface area contributed by atoms with Crippen LogP contribution in [0.4, 0.5) is 0 Å². The second-order valence-corrected chi connectivity index (χ2v) is 8.36. The number of aryl methyl sites for hydroxylation is 2. The largest absolute Gasteiger partial charge is 0.256 e. The molecule has 0 spiro atoms. The fraction of sp³-hybridized carbons (Fsp3) is 0.179. The van der Waals surface area contributed by atoms with E-state index in [0.717, 1.165) is 33.5 Å². The minimum atomic E-state index is -2.15. The molecule has 1 heterocycles. The third-order valence-electron chi connectivity index (χ3n) is 6.18. The third kappa shape index (κ3) is 2.73. The third-order valence-corrected chi connectivity index (χ3v) is 6.18. The van der Waals surface area contributed by atoms with Gasteiger partial charge in [-0.1, -0.05) is 74.5 Å². The molecular weight excluding hydrogens is 350 g/mol. The Morgan fingerprint density at radius 1 is 0.759 bits per heavy atom. The van der Waals surface area contributed by atoms with Crippen LogP contribution in [0, 0.1) is 13.8 Å². The molecule has 3 aromatic carbocycles. The van der Waals surface area contributed by atoms with Gasteiger partial charge in [0.1, 0.15) is 0 Å². The number of hydrogen-bond donors (Lipinski definition) is 0. The summed E-state index contributed by atoms with van der Waals surface area (Å²) in [6.07, 6.45) is 1.91. The van der Waals surface area contributed by atoms with Crippen LogP contribution in [0.25, 0.3) is 33.5 Å². The summed E-state index contributed by atoms with van der Waals surface area (Å²) in [5.41, 5.74) is 9.58. The molecule has 0 radical (unpaired) electrons. The molecule has 1 aliphatic carbocycles. The monoisotopic (exact) mass is 378 g/mol. The maximum Gasteiger partial charge on any atom is 0.0705 e. The highest BCUT2D eigenvalue weighted by molar-refractivity contribution is 5.83. The Hall–Kier alpha value is -3.19. The van der Waals surface area contributed by atoms with Gasteiger partial charge in [0.15, 0.2) is 0 Å². The van der Waals surface area contributed by atoms with E-state index < -0.39 is 12.3 Å². The Labute approximate surface area is 177 Å². The van der Waals surface area contributed by atoms with E-state index >= 15 is 0 Å². The Balaban J connectivity index is 1.65. The normalized spacial score (nSPS) is 15.8. The van der Waals surface area contributed by atoms with Gasteiger partial charge in [-0.15, -0.1) is 0 Å². The summed E-state index contributed by atoms with van der Waals surface area (Å²) >= 11 is 0. The van der Waals surface area contributed by atoms with Crippen LogP contribution >= 0.6 is 0 Å². The highest BCUT2D eigenvalue weighted by Gasteiger charge is 2.37. The number of fused-ring (bicyclic) bond motifs is 3. The van der Waals surface area contributed by atoms with Gasteiger partial charge in [0.2, 0.25) is 0 Å². The molecule has 142 valence electrons. The van der Waals surface area contributed by atoms with Crippen LogP contribution in [-0.2, 0) is 5.41 Å². The first-order valence-electron chi connectivity index (χ1n) is 11.5. The second kappa shape index (κ2) is 6.42. The zero-order chi connectivity index (χ0) is 22.7. The quantitative estimate of drug-likeness (QED) is 0.355. The van der Waals surface area contributed by atoms with Crippen molar-refractivity contribution in [3.05, 3.63) is 101 Å². The van der Waals surface area contributed by atoms with Crippen LogP contribution in [0.2, 0.25) is 0 Å². The predicted molar refractivity (Wildman–Crippen MR) is 122 cm³/mol. The average Bonchev–Trinajstić information content (AvgIpc) is 3.01. The van der Waals surface area contributed by atoms with Crippen molar-refractivity contribution in [2.45, 2.75) is 33.0 Å². The van der Waals surface area contributed by atoms with E-state index in [9.17, 15) is 0 Å². The van der Waals surface area contributed by atoms with Crippen LogP contribution in [0.1, 0.15) is 40.2 Å². The molecule has 0 aliphatic heterocycles. The zero-order valence-electron chi connectivity index (χ0n) is 20.0. The molecule has 0 fully saturated rings. The van der Waals surface area contributed by atoms with Crippen molar-refractivity contribution in [1.29, 1.82) is 0 Å². The molecule has 0 N–H and O–H groups in total. The summed E-state index contributed by atoms with van der Waals surface area (Å²) < 4.78 is 24.1. The molecule has 0 bridgehead atoms. The van der Waals surface area contributed by atoms with Gasteiger partial charge < -0.3 is 0 Å². The van der Waals surface area contributed by atoms with Crippen LogP contribution in [-0.4, -0.2) is 4.98 Å². The van der Waals surface area contributed by atoms with E-state index in [4.69, 9.17) is 9.10 Å². The summed E-state index contributed by atoms with van der Waals surface area (Å²) in [4.78, 5) is 4.80. The first kappa shape index (κ1) is 14.8. The maximum absolute atomic E-state index is 8.04. The molecule has 0 amide bonds. The lowest BCUT2D eigenvalue weighted by molar-refractivity contribution is 0.655. The summed E-state index contributed by atoms with van der Waals surface area (Å²) in [7, 11) is 0. The molecule has 1 aromatic heterocycles. The van der Waals surface area contributed by atoms with E-state index in [0.29, 0.717) is 5.56 Å². The molecule has 1 heteroatoms. The summed E-state index contributed by atoms with van der Waals surface area (Å²) in [5, 5.41) is 0. The summed E-state index contributed by atoms with van der Waals surface area (Å²) in [6, 6.07) is 24.5. The minimum Gasteiger partial charge on any atom is -0.256 e. The fourth-order valence-corrected chi connectivity index (χ4v) is 4.64. The van der Waals surface area contributed by atoms with Crippen molar-refractivity contribution < 1.29 is 4.11 Å². The summed E-state index contributed by atoms with van der Waals surface area (Å²) in [5.74, 6) is 0. The highest BCUT2D eigenvalue weighted by Crippen LogP contribution is 2.50. The Morgan fingerprint density at radius 2 is 1.59 bits per heavy atom. The summed E-state index contributed by atoms with van der Waals surface area (Å²) in [6.45, 7) is 4.20. The van der Waals surface area contributed by atoms with E-state index in [1.54, 1.807) is 6.07 Å². The van der Waals surface area contributed by atoms with Crippen molar-refractivity contribution >= 4 is 0 Å². The lowest BCUT2D eigenvalue weighted by Crippen LogP contribution is -2.16. The van der Waals surface area contributed by atoms with Gasteiger partial charge in [-0.05, 0) is 64.9 Å². The average molecular weight is 379 g/mol. The molecule has 29 heavy (non-hydrogen) atoms. The Bertz CT molecular complexity index is 1330. The molecule has 1 aliphatic rings. The second-order valence-electron chi connectivity index (χ2n) is 8.36. The molecule has 1 nitrogen and oxygen atoms in total. The van der Waals surface area contributed by atoms with E-state index in [-0.39, 0.29) is 0 Å². The van der Waals surface area contributed by atoms with Crippen LogP contribution < -0.4 is 0 Å². The Morgan fingerprint density at radius 3 is 2.38 bits per heavy atom. The number of pyridine rings is 1. The molecule has 4 aromatic rings. The first-order valence-corrected chi connectivity index (χ1v) is 9.99. The number of nitrogens with zero attached hydrogens (tertiary/aromatic N) is 1. The van der Waals surface area contributed by atoms with E-state index in [2.05, 4.69) is 69.3 Å². The van der Waals surface area contributed by atoms with Crippen molar-refractivity contribution in [2.24, 2.45) is 0 Å². The van der Waals surface area contributed by atoms with Crippen LogP contribution in [0.15, 0.2) is 79.0 Å². The van der Waals surface area contributed by atoms with Gasteiger partial charge in [-0.25, -0.2) is 0 Å². The van der Waals surface area contributed by atoms with Crippen LogP contribution in [0.3, 0.4) is 0 Å². The Kier molecular flexibility index (Phi) is 3.27. The lowest BCUT2D eigenvalue weighted by Gasteiger charge is -2.23.